The van der Waals surface area contributed by atoms with Crippen molar-refractivity contribution in [2.24, 2.45) is 5.92 Å². The highest BCUT2D eigenvalue weighted by Crippen LogP contribution is 2.35. The van der Waals surface area contributed by atoms with Gasteiger partial charge in [-0.1, -0.05) is 0 Å². The molecule has 2 aliphatic rings. The number of hydrogen-bond acceptors (Lipinski definition) is 9. The van der Waals surface area contributed by atoms with Gasteiger partial charge in [-0.15, -0.1) is 0 Å². The Hall–Kier alpha value is -3.46. The van der Waals surface area contributed by atoms with Gasteiger partial charge in [0.05, 0.1) is 38.1 Å². The Morgan fingerprint density at radius 2 is 1.74 bits per heavy atom. The van der Waals surface area contributed by atoms with Crippen LogP contribution in [0.2, 0.25) is 0 Å². The lowest BCUT2D eigenvalue weighted by atomic mass is 9.84. The number of carbonyl (C=O) groups is 1. The van der Waals surface area contributed by atoms with Crippen LogP contribution < -0.4 is 14.4 Å². The van der Waals surface area contributed by atoms with E-state index in [-0.39, 0.29) is 6.10 Å². The Morgan fingerprint density at radius 3 is 2.46 bits per heavy atom. The number of aromatic nitrogens is 3. The predicted molar refractivity (Wildman–Crippen MR) is 149 cm³/mol. The molecule has 0 radical (unpaired) electrons. The summed E-state index contributed by atoms with van der Waals surface area (Å²) in [6.45, 7) is 8.98. The van der Waals surface area contributed by atoms with Crippen molar-refractivity contribution in [2.45, 2.75) is 64.6 Å². The number of carbonyl (C=O) groups excluding carboxylic acids is 1. The molecular formula is C30H38N4O5. The fourth-order valence-electron chi connectivity index (χ4n) is 5.33. The monoisotopic (exact) mass is 534 g/mol. The summed E-state index contributed by atoms with van der Waals surface area (Å²) in [5, 5.41) is 0. The van der Waals surface area contributed by atoms with Crippen molar-refractivity contribution in [3.63, 3.8) is 0 Å². The molecule has 0 bridgehead atoms. The van der Waals surface area contributed by atoms with Gasteiger partial charge in [0.2, 0.25) is 0 Å². The van der Waals surface area contributed by atoms with E-state index >= 15 is 0 Å². The maximum atomic E-state index is 12.4. The van der Waals surface area contributed by atoms with Gasteiger partial charge in [-0.05, 0) is 70.9 Å². The lowest BCUT2D eigenvalue weighted by molar-refractivity contribution is 0.0585. The molecule has 5 rings (SSSR count). The Morgan fingerprint density at radius 1 is 1.00 bits per heavy atom. The summed E-state index contributed by atoms with van der Waals surface area (Å²) in [6.07, 6.45) is 9.94. The Bertz CT molecular complexity index is 1290. The number of pyridine rings is 1. The van der Waals surface area contributed by atoms with E-state index in [1.807, 2.05) is 26.8 Å². The summed E-state index contributed by atoms with van der Waals surface area (Å²) in [4.78, 5) is 28.5. The van der Waals surface area contributed by atoms with Crippen LogP contribution >= 0.6 is 0 Å². The minimum Gasteiger partial charge on any atom is -0.488 e. The first kappa shape index (κ1) is 27.1. The largest absolute Gasteiger partial charge is 0.488 e. The van der Waals surface area contributed by atoms with Gasteiger partial charge in [-0.2, -0.15) is 0 Å². The first-order valence-electron chi connectivity index (χ1n) is 13.8. The van der Waals surface area contributed by atoms with Gasteiger partial charge < -0.3 is 23.8 Å². The summed E-state index contributed by atoms with van der Waals surface area (Å²) in [5.74, 6) is 1.30. The zero-order valence-electron chi connectivity index (χ0n) is 23.3. The van der Waals surface area contributed by atoms with Crippen LogP contribution in [0.1, 0.15) is 62.5 Å². The Labute approximate surface area is 229 Å². The number of benzene rings is 1. The highest BCUT2D eigenvalue weighted by molar-refractivity contribution is 5.92. The third kappa shape index (κ3) is 6.76. The number of hydrogen-bond donors (Lipinski definition) is 0. The molecule has 1 saturated carbocycles. The molecule has 0 N–H and O–H groups in total. The molecular weight excluding hydrogens is 496 g/mol. The van der Waals surface area contributed by atoms with E-state index in [1.165, 1.54) is 7.11 Å². The molecule has 0 atom stereocenters. The molecule has 3 aromatic rings. The Kier molecular flexibility index (Phi) is 8.16. The van der Waals surface area contributed by atoms with Crippen molar-refractivity contribution in [1.29, 1.82) is 0 Å². The number of nitrogens with zero attached hydrogens (tertiary/aromatic N) is 4. The molecule has 0 unspecified atom stereocenters. The van der Waals surface area contributed by atoms with Crippen molar-refractivity contribution in [3.05, 3.63) is 48.0 Å². The van der Waals surface area contributed by atoms with Gasteiger partial charge in [0, 0.05) is 42.9 Å². The van der Waals surface area contributed by atoms with E-state index in [1.54, 1.807) is 18.6 Å². The summed E-state index contributed by atoms with van der Waals surface area (Å²) in [5.41, 5.74) is 3.60. The maximum absolute atomic E-state index is 12.4. The molecule has 2 aromatic heterocycles. The molecule has 1 aliphatic carbocycles. The molecule has 0 amide bonds. The minimum atomic E-state index is -0.441. The van der Waals surface area contributed by atoms with Crippen molar-refractivity contribution in [3.8, 4) is 11.5 Å². The second kappa shape index (κ2) is 11.7. The van der Waals surface area contributed by atoms with Gasteiger partial charge in [-0.3, -0.25) is 9.97 Å². The fourth-order valence-corrected chi connectivity index (χ4v) is 5.33. The van der Waals surface area contributed by atoms with Crippen LogP contribution in [-0.2, 0) is 15.9 Å². The standard InChI is InChI=1S/C30H38N4O5/c1-30(2,3)39-27-19-33-21(16-24(27)29(35)36-4)15-20-5-7-23(8-6-20)38-26-18-22(34-11-13-37-14-12-34)17-25-28(26)32-10-9-31-25/h9-10,16-20,23H,5-8,11-15H2,1-4H3. The number of rotatable bonds is 7. The highest BCUT2D eigenvalue weighted by Gasteiger charge is 2.26. The van der Waals surface area contributed by atoms with Crippen LogP contribution in [0.5, 0.6) is 11.5 Å². The maximum Gasteiger partial charge on any atom is 0.341 e. The normalized spacial score (nSPS) is 20.1. The van der Waals surface area contributed by atoms with Crippen LogP contribution in [0.4, 0.5) is 5.69 Å². The van der Waals surface area contributed by atoms with E-state index in [0.717, 1.165) is 86.6 Å². The van der Waals surface area contributed by atoms with Crippen molar-refractivity contribution < 1.29 is 23.7 Å². The minimum absolute atomic E-state index is 0.118. The topological polar surface area (TPSA) is 95.9 Å². The molecule has 208 valence electrons. The van der Waals surface area contributed by atoms with Gasteiger partial charge in [0.25, 0.3) is 0 Å². The van der Waals surface area contributed by atoms with Crippen LogP contribution in [0.15, 0.2) is 36.8 Å². The number of morpholine rings is 1. The lowest BCUT2D eigenvalue weighted by Gasteiger charge is -2.31. The summed E-state index contributed by atoms with van der Waals surface area (Å²) in [6, 6.07) is 6.01. The number of methoxy groups -OCH3 is 1. The van der Waals surface area contributed by atoms with Gasteiger partial charge in [-0.25, -0.2) is 9.78 Å². The molecule has 1 aliphatic heterocycles. The predicted octanol–water partition coefficient (Wildman–Crippen LogP) is 5.01. The van der Waals surface area contributed by atoms with Gasteiger partial charge in [0.15, 0.2) is 5.75 Å². The van der Waals surface area contributed by atoms with E-state index in [4.69, 9.17) is 18.9 Å². The average Bonchev–Trinajstić information content (AvgIpc) is 2.94. The summed E-state index contributed by atoms with van der Waals surface area (Å²) >= 11 is 0. The number of fused-ring (bicyclic) bond motifs is 1. The summed E-state index contributed by atoms with van der Waals surface area (Å²) in [7, 11) is 1.38. The lowest BCUT2D eigenvalue weighted by Crippen LogP contribution is -2.36. The number of ether oxygens (including phenoxy) is 4. The molecule has 2 fully saturated rings. The van der Waals surface area contributed by atoms with Crippen LogP contribution in [0.3, 0.4) is 0 Å². The second-order valence-corrected chi connectivity index (χ2v) is 11.3. The van der Waals surface area contributed by atoms with Crippen molar-refractivity contribution in [2.75, 3.05) is 38.3 Å². The molecule has 3 heterocycles. The molecule has 1 aromatic carbocycles. The smallest absolute Gasteiger partial charge is 0.341 e. The van der Waals surface area contributed by atoms with Crippen LogP contribution in [0, 0.1) is 5.92 Å². The Balaban J connectivity index is 1.25. The van der Waals surface area contributed by atoms with Crippen molar-refractivity contribution >= 4 is 22.7 Å². The molecule has 39 heavy (non-hydrogen) atoms. The first-order valence-corrected chi connectivity index (χ1v) is 13.8. The second-order valence-electron chi connectivity index (χ2n) is 11.3. The molecule has 9 heteroatoms. The highest BCUT2D eigenvalue weighted by atomic mass is 16.5. The number of anilines is 1. The van der Waals surface area contributed by atoms with Gasteiger partial charge >= 0.3 is 5.97 Å². The number of esters is 1. The summed E-state index contributed by atoms with van der Waals surface area (Å²) < 4.78 is 23.1. The molecule has 0 spiro atoms. The third-order valence-corrected chi connectivity index (χ3v) is 7.23. The molecule has 9 nitrogen and oxygen atoms in total. The van der Waals surface area contributed by atoms with E-state index < -0.39 is 11.6 Å². The van der Waals surface area contributed by atoms with Crippen molar-refractivity contribution in [1.82, 2.24) is 15.0 Å². The third-order valence-electron chi connectivity index (χ3n) is 7.23. The zero-order valence-corrected chi connectivity index (χ0v) is 23.3. The zero-order chi connectivity index (χ0) is 27.4. The first-order chi connectivity index (χ1) is 18.8. The van der Waals surface area contributed by atoms with E-state index in [2.05, 4.69) is 32.0 Å². The SMILES string of the molecule is COC(=O)c1cc(CC2CCC(Oc3cc(N4CCOCC4)cc4nccnc34)CC2)ncc1OC(C)(C)C. The van der Waals surface area contributed by atoms with Gasteiger partial charge in [0.1, 0.15) is 22.4 Å². The molecule has 1 saturated heterocycles. The van der Waals surface area contributed by atoms with Crippen LogP contribution in [0.25, 0.3) is 11.0 Å². The fraction of sp³-hybridized carbons (Fsp3) is 0.533. The van der Waals surface area contributed by atoms with Crippen LogP contribution in [-0.4, -0.2) is 66.0 Å². The van der Waals surface area contributed by atoms with E-state index in [0.29, 0.717) is 17.2 Å². The average molecular weight is 535 g/mol. The van der Waals surface area contributed by atoms with E-state index in [9.17, 15) is 4.79 Å². The quantitative estimate of drug-likeness (QED) is 0.388.